The van der Waals surface area contributed by atoms with E-state index in [1.165, 1.54) is 9.80 Å². The molecule has 2 atom stereocenters. The number of rotatable bonds is 6. The van der Waals surface area contributed by atoms with Gasteiger partial charge in [-0.2, -0.15) is 10.4 Å². The Kier molecular flexibility index (Phi) is 5.95. The lowest BCUT2D eigenvalue weighted by molar-refractivity contribution is -0.131. The Balaban J connectivity index is 1.22. The molecule has 35 heavy (non-hydrogen) atoms. The Morgan fingerprint density at radius 2 is 1.94 bits per heavy atom. The summed E-state index contributed by atoms with van der Waals surface area (Å²) in [6, 6.07) is 16.3. The van der Waals surface area contributed by atoms with Gasteiger partial charge >= 0.3 is 0 Å². The highest BCUT2D eigenvalue weighted by Gasteiger charge is 2.39. The molecule has 0 bridgehead atoms. The van der Waals surface area contributed by atoms with E-state index in [9.17, 15) is 19.6 Å². The van der Waals surface area contributed by atoms with Crippen LogP contribution in [0.2, 0.25) is 0 Å². The van der Waals surface area contributed by atoms with E-state index < -0.39 is 12.0 Å². The second-order valence-corrected chi connectivity index (χ2v) is 9.25. The Morgan fingerprint density at radius 3 is 2.66 bits per heavy atom. The zero-order valence-electron chi connectivity index (χ0n) is 19.4. The van der Waals surface area contributed by atoms with Crippen LogP contribution in [-0.2, 0) is 9.59 Å². The van der Waals surface area contributed by atoms with Crippen molar-refractivity contribution in [2.45, 2.75) is 31.3 Å². The number of carbonyl (C=O) groups is 3. The molecule has 1 aliphatic carbocycles. The van der Waals surface area contributed by atoms with E-state index in [2.05, 4.69) is 16.5 Å². The van der Waals surface area contributed by atoms with Gasteiger partial charge in [0.25, 0.3) is 5.91 Å². The van der Waals surface area contributed by atoms with Crippen molar-refractivity contribution in [3.05, 3.63) is 60.3 Å². The fourth-order valence-corrected chi connectivity index (χ4v) is 4.48. The quantitative estimate of drug-likeness (QED) is 0.596. The summed E-state index contributed by atoms with van der Waals surface area (Å²) in [7, 11) is 1.56. The van der Waals surface area contributed by atoms with Crippen molar-refractivity contribution in [3.8, 4) is 6.07 Å². The van der Waals surface area contributed by atoms with Gasteiger partial charge in [0.1, 0.15) is 6.04 Å². The first-order valence-corrected chi connectivity index (χ1v) is 11.7. The summed E-state index contributed by atoms with van der Waals surface area (Å²) in [6.45, 7) is -0.0342. The number of aromatic nitrogens is 2. The standard InChI is InChI=1S/C26H26N6O3/c1-30(26(35)17-7-10-23-18(11-17)15-32(29-23)21-8-9-21)16-24(33)31-14-19(12-22(31)13-27)25(34)28-20-5-3-2-4-6-20/h2-7,10-11,15,19,21-22H,8-9,12,14,16H2,1H3,(H,28,34). The molecule has 3 aromatic rings. The van der Waals surface area contributed by atoms with E-state index in [-0.39, 0.29) is 37.2 Å². The lowest BCUT2D eigenvalue weighted by Crippen LogP contribution is -2.43. The Labute approximate surface area is 202 Å². The molecule has 1 aromatic heterocycles. The van der Waals surface area contributed by atoms with E-state index in [1.54, 1.807) is 31.3 Å². The van der Waals surface area contributed by atoms with Crippen LogP contribution in [0.1, 0.15) is 35.7 Å². The number of hydrogen-bond acceptors (Lipinski definition) is 5. The highest BCUT2D eigenvalue weighted by atomic mass is 16.2. The number of anilines is 1. The third-order valence-electron chi connectivity index (χ3n) is 6.59. The van der Waals surface area contributed by atoms with Crippen LogP contribution >= 0.6 is 0 Å². The number of amides is 3. The molecule has 3 amide bonds. The van der Waals surface area contributed by atoms with Gasteiger partial charge in [0.05, 0.1) is 30.1 Å². The molecule has 9 nitrogen and oxygen atoms in total. The van der Waals surface area contributed by atoms with Crippen LogP contribution in [0.4, 0.5) is 5.69 Å². The van der Waals surface area contributed by atoms with Crippen molar-refractivity contribution in [2.75, 3.05) is 25.5 Å². The maximum absolute atomic E-state index is 13.0. The van der Waals surface area contributed by atoms with E-state index >= 15 is 0 Å². The molecule has 1 aliphatic heterocycles. The minimum Gasteiger partial charge on any atom is -0.332 e. The molecular weight excluding hydrogens is 444 g/mol. The SMILES string of the molecule is CN(CC(=O)N1CC(C(=O)Nc2ccccc2)CC1C#N)C(=O)c1ccc2nn(C3CC3)cc2c1. The molecular formula is C26H26N6O3. The first-order chi connectivity index (χ1) is 16.9. The first-order valence-electron chi connectivity index (χ1n) is 11.7. The molecule has 2 aliphatic rings. The molecule has 5 rings (SSSR count). The number of benzene rings is 2. The van der Waals surface area contributed by atoms with Gasteiger partial charge in [0.15, 0.2) is 0 Å². The summed E-state index contributed by atoms with van der Waals surface area (Å²) >= 11 is 0. The Morgan fingerprint density at radius 1 is 1.17 bits per heavy atom. The third-order valence-corrected chi connectivity index (χ3v) is 6.59. The lowest BCUT2D eigenvalue weighted by atomic mass is 10.1. The maximum Gasteiger partial charge on any atom is 0.254 e. The molecule has 2 aromatic carbocycles. The van der Waals surface area contributed by atoms with Gasteiger partial charge in [-0.05, 0) is 49.6 Å². The monoisotopic (exact) mass is 470 g/mol. The fraction of sp³-hybridized carbons (Fsp3) is 0.346. The molecule has 1 N–H and O–H groups in total. The molecule has 0 radical (unpaired) electrons. The molecule has 2 fully saturated rings. The summed E-state index contributed by atoms with van der Waals surface area (Å²) in [5.74, 6) is -1.36. The minimum atomic E-state index is -0.706. The topological polar surface area (TPSA) is 111 Å². The maximum atomic E-state index is 13.0. The van der Waals surface area contributed by atoms with Crippen LogP contribution < -0.4 is 5.32 Å². The van der Waals surface area contributed by atoms with Crippen molar-refractivity contribution < 1.29 is 14.4 Å². The number of para-hydroxylation sites is 1. The molecule has 2 heterocycles. The van der Waals surface area contributed by atoms with Crippen molar-refractivity contribution in [1.29, 1.82) is 5.26 Å². The van der Waals surface area contributed by atoms with E-state index in [0.29, 0.717) is 17.3 Å². The summed E-state index contributed by atoms with van der Waals surface area (Å²) in [5.41, 5.74) is 1.98. The fourth-order valence-electron chi connectivity index (χ4n) is 4.48. The van der Waals surface area contributed by atoms with Gasteiger partial charge < -0.3 is 15.1 Å². The Hall–Kier alpha value is -4.19. The number of likely N-dealkylation sites (tertiary alicyclic amines) is 1. The van der Waals surface area contributed by atoms with Crippen molar-refractivity contribution >= 4 is 34.3 Å². The summed E-state index contributed by atoms with van der Waals surface area (Å²) < 4.78 is 1.95. The normalized spacial score (nSPS) is 19.4. The van der Waals surface area contributed by atoms with Crippen LogP contribution in [0.25, 0.3) is 10.9 Å². The number of nitriles is 1. The zero-order valence-corrected chi connectivity index (χ0v) is 19.4. The number of nitrogens with one attached hydrogen (secondary N) is 1. The van der Waals surface area contributed by atoms with Gasteiger partial charge in [-0.25, -0.2) is 0 Å². The van der Waals surface area contributed by atoms with Gasteiger partial charge in [-0.3, -0.25) is 19.1 Å². The van der Waals surface area contributed by atoms with Gasteiger partial charge in [-0.1, -0.05) is 18.2 Å². The average Bonchev–Trinajstić information content (AvgIpc) is 3.47. The Bertz CT molecular complexity index is 1320. The van der Waals surface area contributed by atoms with E-state index in [4.69, 9.17) is 0 Å². The summed E-state index contributed by atoms with van der Waals surface area (Å²) in [5, 5.41) is 17.9. The smallest absolute Gasteiger partial charge is 0.254 e. The molecule has 1 saturated heterocycles. The van der Waals surface area contributed by atoms with Crippen molar-refractivity contribution in [2.24, 2.45) is 5.92 Å². The molecule has 9 heteroatoms. The van der Waals surface area contributed by atoms with Gasteiger partial charge in [0, 0.05) is 36.4 Å². The average molecular weight is 471 g/mol. The van der Waals surface area contributed by atoms with Crippen LogP contribution in [0.3, 0.4) is 0 Å². The number of fused-ring (bicyclic) bond motifs is 1. The number of hydrogen-bond donors (Lipinski definition) is 1. The summed E-state index contributed by atoms with van der Waals surface area (Å²) in [4.78, 5) is 41.5. The van der Waals surface area contributed by atoms with Crippen molar-refractivity contribution in [1.82, 2.24) is 19.6 Å². The predicted octanol–water partition coefficient (Wildman–Crippen LogP) is 2.82. The van der Waals surface area contributed by atoms with Gasteiger partial charge in [0.2, 0.25) is 11.8 Å². The largest absolute Gasteiger partial charge is 0.332 e. The van der Waals surface area contributed by atoms with Gasteiger partial charge in [-0.15, -0.1) is 0 Å². The van der Waals surface area contributed by atoms with Crippen molar-refractivity contribution in [3.63, 3.8) is 0 Å². The van der Waals surface area contributed by atoms with Crippen LogP contribution in [0.5, 0.6) is 0 Å². The van der Waals surface area contributed by atoms with Crippen LogP contribution in [0.15, 0.2) is 54.7 Å². The van der Waals surface area contributed by atoms with E-state index in [1.807, 2.05) is 35.1 Å². The number of nitrogens with zero attached hydrogens (tertiary/aromatic N) is 5. The summed E-state index contributed by atoms with van der Waals surface area (Å²) in [6.07, 6.45) is 4.47. The molecule has 178 valence electrons. The zero-order chi connectivity index (χ0) is 24.5. The predicted molar refractivity (Wildman–Crippen MR) is 129 cm³/mol. The molecule has 2 unspecified atom stereocenters. The minimum absolute atomic E-state index is 0.143. The molecule has 1 saturated carbocycles. The van der Waals surface area contributed by atoms with Crippen LogP contribution in [-0.4, -0.2) is 63.5 Å². The first kappa shape index (κ1) is 22.6. The number of likely N-dealkylation sites (N-methyl/N-ethyl adjacent to an activating group) is 1. The second-order valence-electron chi connectivity index (χ2n) is 9.25. The number of carbonyl (C=O) groups excluding carboxylic acids is 3. The lowest BCUT2D eigenvalue weighted by Gasteiger charge is -2.24. The molecule has 0 spiro atoms. The highest BCUT2D eigenvalue weighted by Crippen LogP contribution is 2.35. The van der Waals surface area contributed by atoms with E-state index in [0.717, 1.165) is 23.7 Å². The van der Waals surface area contributed by atoms with Crippen LogP contribution in [0, 0.1) is 17.2 Å². The highest BCUT2D eigenvalue weighted by molar-refractivity contribution is 5.99. The third kappa shape index (κ3) is 4.73. The second kappa shape index (κ2) is 9.22.